The molecule has 3 rings (SSSR count). The average Bonchev–Trinajstić information content (AvgIpc) is 3.12. The van der Waals surface area contributed by atoms with Gasteiger partial charge in [-0.2, -0.15) is 0 Å². The van der Waals surface area contributed by atoms with Crippen LogP contribution in [0.25, 0.3) is 0 Å². The van der Waals surface area contributed by atoms with Crippen LogP contribution >= 0.6 is 0 Å². The summed E-state index contributed by atoms with van der Waals surface area (Å²) < 4.78 is 36.2. The predicted octanol–water partition coefficient (Wildman–Crippen LogP) is 2.80. The topological polar surface area (TPSA) is 102 Å². The van der Waals surface area contributed by atoms with Gasteiger partial charge in [0.05, 0.1) is 11.9 Å². The number of Topliss-reactive ketones (excluding diaryl/α,β-unsaturated/α-hetero) is 1. The van der Waals surface area contributed by atoms with Gasteiger partial charge >= 0.3 is 0 Å². The van der Waals surface area contributed by atoms with E-state index in [0.717, 1.165) is 6.26 Å². The van der Waals surface area contributed by atoms with Crippen molar-refractivity contribution in [3.63, 3.8) is 0 Å². The lowest BCUT2D eigenvalue weighted by molar-refractivity contribution is -0.116. The number of fused-ring (bicyclic) bond motifs is 1. The highest BCUT2D eigenvalue weighted by molar-refractivity contribution is 7.92. The average molecular weight is 418 g/mol. The Hall–Kier alpha value is -3.07. The maximum absolute atomic E-state index is 12.2. The molecule has 0 bridgehead atoms. The summed E-state index contributed by atoms with van der Waals surface area (Å²) in [4.78, 5) is 23.7. The molecule has 0 unspecified atom stereocenters. The first-order valence-electron chi connectivity index (χ1n) is 9.02. The van der Waals surface area contributed by atoms with Crippen LogP contribution in [0.3, 0.4) is 0 Å². The van der Waals surface area contributed by atoms with Crippen molar-refractivity contribution in [2.75, 3.05) is 29.2 Å². The van der Waals surface area contributed by atoms with Crippen LogP contribution in [0.4, 0.5) is 11.4 Å². The molecule has 1 aliphatic rings. The van der Waals surface area contributed by atoms with Gasteiger partial charge in [0.2, 0.25) is 22.7 Å². The van der Waals surface area contributed by atoms with Gasteiger partial charge in [-0.05, 0) is 37.6 Å². The monoisotopic (exact) mass is 418 g/mol. The molecule has 29 heavy (non-hydrogen) atoms. The van der Waals surface area contributed by atoms with Crippen molar-refractivity contribution in [2.45, 2.75) is 19.8 Å². The van der Waals surface area contributed by atoms with Crippen molar-refractivity contribution in [1.29, 1.82) is 0 Å². The number of hydrogen-bond donors (Lipinski definition) is 1. The molecule has 154 valence electrons. The standard InChI is InChI=1S/C20H22N2O6S/c1-14(23)15-5-3-6-16(11-15)21-20(24)7-4-10-22(29(2,25)26)17-8-9-18-19(12-17)28-13-27-18/h3,5-6,8-9,11-12H,4,7,10,13H2,1-2H3,(H,21,24). The van der Waals surface area contributed by atoms with E-state index in [9.17, 15) is 18.0 Å². The van der Waals surface area contributed by atoms with E-state index in [-0.39, 0.29) is 31.4 Å². The lowest BCUT2D eigenvalue weighted by Gasteiger charge is -2.22. The third-order valence-corrected chi connectivity index (χ3v) is 5.56. The number of sulfonamides is 1. The van der Waals surface area contributed by atoms with Crippen LogP contribution < -0.4 is 19.1 Å². The fourth-order valence-electron chi connectivity index (χ4n) is 2.95. The molecule has 0 atom stereocenters. The Balaban J connectivity index is 1.61. The molecular weight excluding hydrogens is 396 g/mol. The number of amides is 1. The van der Waals surface area contributed by atoms with Crippen LogP contribution in [0, 0.1) is 0 Å². The molecule has 0 saturated heterocycles. The van der Waals surface area contributed by atoms with Crippen molar-refractivity contribution in [3.05, 3.63) is 48.0 Å². The largest absolute Gasteiger partial charge is 0.454 e. The van der Waals surface area contributed by atoms with Crippen LogP contribution in [0.15, 0.2) is 42.5 Å². The fourth-order valence-corrected chi connectivity index (χ4v) is 3.91. The van der Waals surface area contributed by atoms with Crippen molar-refractivity contribution >= 4 is 33.1 Å². The third kappa shape index (κ3) is 5.26. The number of rotatable bonds is 8. The number of carbonyl (C=O) groups excluding carboxylic acids is 2. The second-order valence-electron chi connectivity index (χ2n) is 6.66. The Bertz CT molecular complexity index is 1040. The normalized spacial score (nSPS) is 12.5. The molecule has 0 fully saturated rings. The van der Waals surface area contributed by atoms with Crippen LogP contribution in [0.1, 0.15) is 30.1 Å². The minimum atomic E-state index is -3.54. The summed E-state index contributed by atoms with van der Waals surface area (Å²) in [5.41, 5.74) is 1.48. The van der Waals surface area contributed by atoms with Gasteiger partial charge < -0.3 is 14.8 Å². The van der Waals surface area contributed by atoms with E-state index in [4.69, 9.17) is 9.47 Å². The number of ether oxygens (including phenoxy) is 2. The zero-order chi connectivity index (χ0) is 21.0. The number of ketones is 1. The number of nitrogens with one attached hydrogen (secondary N) is 1. The van der Waals surface area contributed by atoms with E-state index in [1.807, 2.05) is 0 Å². The van der Waals surface area contributed by atoms with E-state index in [1.54, 1.807) is 42.5 Å². The second-order valence-corrected chi connectivity index (χ2v) is 8.57. The smallest absolute Gasteiger partial charge is 0.232 e. The summed E-state index contributed by atoms with van der Waals surface area (Å²) in [5, 5.41) is 2.73. The highest BCUT2D eigenvalue weighted by atomic mass is 32.2. The number of benzene rings is 2. The Morgan fingerprint density at radius 2 is 1.86 bits per heavy atom. The Kier molecular flexibility index (Phi) is 6.07. The fraction of sp³-hybridized carbons (Fsp3) is 0.300. The molecule has 1 aliphatic heterocycles. The SMILES string of the molecule is CC(=O)c1cccc(NC(=O)CCCN(c2ccc3c(c2)OCO3)S(C)(=O)=O)c1. The minimum absolute atomic E-state index is 0.0892. The Morgan fingerprint density at radius 1 is 1.10 bits per heavy atom. The summed E-state index contributed by atoms with van der Waals surface area (Å²) in [7, 11) is -3.54. The van der Waals surface area contributed by atoms with Gasteiger partial charge in [0.1, 0.15) is 0 Å². The molecule has 1 amide bonds. The first kappa shape index (κ1) is 20.7. The summed E-state index contributed by atoms with van der Waals surface area (Å²) >= 11 is 0. The molecule has 9 heteroatoms. The van der Waals surface area contributed by atoms with Gasteiger partial charge in [0.15, 0.2) is 17.3 Å². The Morgan fingerprint density at radius 3 is 2.59 bits per heavy atom. The molecule has 1 heterocycles. The van der Waals surface area contributed by atoms with Crippen molar-refractivity contribution in [2.24, 2.45) is 0 Å². The molecule has 0 aliphatic carbocycles. The summed E-state index contributed by atoms with van der Waals surface area (Å²) in [6, 6.07) is 11.6. The summed E-state index contributed by atoms with van der Waals surface area (Å²) in [6.45, 7) is 1.69. The zero-order valence-electron chi connectivity index (χ0n) is 16.2. The third-order valence-electron chi connectivity index (χ3n) is 4.36. The molecule has 8 nitrogen and oxygen atoms in total. The van der Waals surface area contributed by atoms with E-state index in [2.05, 4.69) is 5.32 Å². The maximum atomic E-state index is 12.2. The molecular formula is C20H22N2O6S. The molecule has 2 aromatic carbocycles. The lowest BCUT2D eigenvalue weighted by Crippen LogP contribution is -2.31. The van der Waals surface area contributed by atoms with Crippen LogP contribution in [0.5, 0.6) is 11.5 Å². The molecule has 0 spiro atoms. The molecule has 0 radical (unpaired) electrons. The highest BCUT2D eigenvalue weighted by Gasteiger charge is 2.21. The van der Waals surface area contributed by atoms with Crippen molar-refractivity contribution < 1.29 is 27.5 Å². The number of carbonyl (C=O) groups is 2. The van der Waals surface area contributed by atoms with Crippen LogP contribution in [0.2, 0.25) is 0 Å². The molecule has 2 aromatic rings. The van der Waals surface area contributed by atoms with Gasteiger partial charge in [-0.3, -0.25) is 13.9 Å². The quantitative estimate of drug-likeness (QED) is 0.662. The van der Waals surface area contributed by atoms with E-state index in [1.165, 1.54) is 11.2 Å². The zero-order valence-corrected chi connectivity index (χ0v) is 17.0. The maximum Gasteiger partial charge on any atom is 0.232 e. The molecule has 0 saturated carbocycles. The van der Waals surface area contributed by atoms with E-state index < -0.39 is 10.0 Å². The lowest BCUT2D eigenvalue weighted by atomic mass is 10.1. The Labute approximate surface area is 169 Å². The van der Waals surface area contributed by atoms with E-state index in [0.29, 0.717) is 34.9 Å². The van der Waals surface area contributed by atoms with Crippen LogP contribution in [-0.2, 0) is 14.8 Å². The van der Waals surface area contributed by atoms with Gasteiger partial charge in [-0.1, -0.05) is 12.1 Å². The van der Waals surface area contributed by atoms with Gasteiger partial charge in [0.25, 0.3) is 0 Å². The summed E-state index contributed by atoms with van der Waals surface area (Å²) in [6.07, 6.45) is 1.56. The second kappa shape index (κ2) is 8.52. The number of anilines is 2. The van der Waals surface area contributed by atoms with Crippen molar-refractivity contribution in [3.8, 4) is 11.5 Å². The minimum Gasteiger partial charge on any atom is -0.454 e. The summed E-state index contributed by atoms with van der Waals surface area (Å²) in [5.74, 6) is 0.701. The molecule has 1 N–H and O–H groups in total. The first-order chi connectivity index (χ1) is 13.7. The van der Waals surface area contributed by atoms with Gasteiger partial charge in [-0.15, -0.1) is 0 Å². The van der Waals surface area contributed by atoms with Gasteiger partial charge in [0, 0.05) is 30.3 Å². The molecule has 0 aromatic heterocycles. The number of nitrogens with zero attached hydrogens (tertiary/aromatic N) is 1. The van der Waals surface area contributed by atoms with Crippen LogP contribution in [-0.4, -0.2) is 39.7 Å². The van der Waals surface area contributed by atoms with Gasteiger partial charge in [-0.25, -0.2) is 8.42 Å². The first-order valence-corrected chi connectivity index (χ1v) is 10.9. The number of hydrogen-bond acceptors (Lipinski definition) is 6. The highest BCUT2D eigenvalue weighted by Crippen LogP contribution is 2.36. The van der Waals surface area contributed by atoms with Crippen molar-refractivity contribution in [1.82, 2.24) is 0 Å². The van der Waals surface area contributed by atoms with E-state index >= 15 is 0 Å². The predicted molar refractivity (Wildman–Crippen MR) is 109 cm³/mol.